The SMILES string of the molecule is CC(C)(O)CN1CCN(C(=O)c2ccccc2I)CC1. The van der Waals surface area contributed by atoms with Crippen molar-refractivity contribution in [2.75, 3.05) is 32.7 Å². The van der Waals surface area contributed by atoms with Crippen LogP contribution in [0.2, 0.25) is 0 Å². The number of β-amino-alcohol motifs (C(OH)–C–C–N with tert-alkyl or cyclic N) is 1. The third-order valence-electron chi connectivity index (χ3n) is 3.37. The van der Waals surface area contributed by atoms with Crippen LogP contribution in [0.1, 0.15) is 24.2 Å². The Morgan fingerprint density at radius 3 is 2.40 bits per heavy atom. The van der Waals surface area contributed by atoms with Gasteiger partial charge in [-0.3, -0.25) is 9.69 Å². The van der Waals surface area contributed by atoms with E-state index in [1.54, 1.807) is 0 Å². The summed E-state index contributed by atoms with van der Waals surface area (Å²) in [6.07, 6.45) is 0. The van der Waals surface area contributed by atoms with Gasteiger partial charge in [0.15, 0.2) is 0 Å². The third kappa shape index (κ3) is 4.17. The number of carbonyl (C=O) groups is 1. The Bertz CT molecular complexity index is 477. The van der Waals surface area contributed by atoms with Gasteiger partial charge in [-0.15, -0.1) is 0 Å². The van der Waals surface area contributed by atoms with Gasteiger partial charge in [0.05, 0.1) is 11.2 Å². The maximum absolute atomic E-state index is 12.5. The van der Waals surface area contributed by atoms with Crippen LogP contribution in [-0.4, -0.2) is 59.1 Å². The second-order valence-corrected chi connectivity index (χ2v) is 7.02. The molecular formula is C15H21IN2O2. The molecule has 1 amide bonds. The van der Waals surface area contributed by atoms with Gasteiger partial charge in [0.2, 0.25) is 0 Å². The van der Waals surface area contributed by atoms with E-state index in [-0.39, 0.29) is 5.91 Å². The molecule has 1 fully saturated rings. The van der Waals surface area contributed by atoms with Gasteiger partial charge in [-0.1, -0.05) is 12.1 Å². The average molecular weight is 388 g/mol. The Hall–Kier alpha value is -0.660. The molecule has 1 aliphatic heterocycles. The van der Waals surface area contributed by atoms with Crippen LogP contribution >= 0.6 is 22.6 Å². The summed E-state index contributed by atoms with van der Waals surface area (Å²) in [5.41, 5.74) is 0.102. The van der Waals surface area contributed by atoms with Gasteiger partial charge in [-0.05, 0) is 48.6 Å². The van der Waals surface area contributed by atoms with Crippen LogP contribution in [0.5, 0.6) is 0 Å². The number of nitrogens with zero attached hydrogens (tertiary/aromatic N) is 2. The average Bonchev–Trinajstić information content (AvgIpc) is 2.37. The standard InChI is InChI=1S/C15H21IN2O2/c1-15(2,20)11-17-7-9-18(10-8-17)14(19)12-5-3-4-6-13(12)16/h3-6,20H,7-11H2,1-2H3. The number of halogens is 1. The van der Waals surface area contributed by atoms with Gasteiger partial charge < -0.3 is 10.0 Å². The van der Waals surface area contributed by atoms with Crippen molar-refractivity contribution in [3.05, 3.63) is 33.4 Å². The van der Waals surface area contributed by atoms with Gasteiger partial charge in [0.1, 0.15) is 0 Å². The number of rotatable bonds is 3. The molecule has 0 aliphatic carbocycles. The van der Waals surface area contributed by atoms with E-state index in [1.807, 2.05) is 43.0 Å². The van der Waals surface area contributed by atoms with Gasteiger partial charge in [-0.2, -0.15) is 0 Å². The van der Waals surface area contributed by atoms with Crippen LogP contribution in [0, 0.1) is 3.57 Å². The lowest BCUT2D eigenvalue weighted by molar-refractivity contribution is 0.0178. The minimum absolute atomic E-state index is 0.109. The fourth-order valence-corrected chi connectivity index (χ4v) is 3.08. The highest BCUT2D eigenvalue weighted by atomic mass is 127. The summed E-state index contributed by atoms with van der Waals surface area (Å²) in [6.45, 7) is 7.36. The highest BCUT2D eigenvalue weighted by molar-refractivity contribution is 14.1. The molecule has 1 aliphatic rings. The van der Waals surface area contributed by atoms with Crippen molar-refractivity contribution < 1.29 is 9.90 Å². The van der Waals surface area contributed by atoms with Crippen LogP contribution in [0.3, 0.4) is 0 Å². The molecule has 0 saturated carbocycles. The van der Waals surface area contributed by atoms with E-state index in [0.717, 1.165) is 35.3 Å². The van der Waals surface area contributed by atoms with Crippen LogP contribution < -0.4 is 0 Å². The molecule has 0 unspecified atom stereocenters. The number of piperazine rings is 1. The molecule has 0 aromatic heterocycles. The molecule has 1 aromatic rings. The molecule has 2 rings (SSSR count). The first-order chi connectivity index (χ1) is 9.37. The number of hydrogen-bond acceptors (Lipinski definition) is 3. The van der Waals surface area contributed by atoms with Crippen molar-refractivity contribution in [1.29, 1.82) is 0 Å². The van der Waals surface area contributed by atoms with Crippen LogP contribution in [0.25, 0.3) is 0 Å². The van der Waals surface area contributed by atoms with Gasteiger partial charge >= 0.3 is 0 Å². The fraction of sp³-hybridized carbons (Fsp3) is 0.533. The molecule has 0 radical (unpaired) electrons. The van der Waals surface area contributed by atoms with Crippen molar-refractivity contribution in [1.82, 2.24) is 9.80 Å². The van der Waals surface area contributed by atoms with Crippen LogP contribution in [-0.2, 0) is 0 Å². The quantitative estimate of drug-likeness (QED) is 0.804. The van der Waals surface area contributed by atoms with Crippen molar-refractivity contribution in [2.24, 2.45) is 0 Å². The molecule has 1 aromatic carbocycles. The van der Waals surface area contributed by atoms with Crippen LogP contribution in [0.4, 0.5) is 0 Å². The summed E-state index contributed by atoms with van der Waals surface area (Å²) in [5, 5.41) is 9.84. The first-order valence-electron chi connectivity index (χ1n) is 6.85. The Labute approximate surface area is 133 Å². The van der Waals surface area contributed by atoms with E-state index in [2.05, 4.69) is 27.5 Å². The summed E-state index contributed by atoms with van der Waals surface area (Å²) >= 11 is 2.20. The molecule has 0 atom stereocenters. The van der Waals surface area contributed by atoms with E-state index < -0.39 is 5.60 Å². The van der Waals surface area contributed by atoms with Gasteiger partial charge in [0, 0.05) is 36.3 Å². The summed E-state index contributed by atoms with van der Waals surface area (Å²) in [4.78, 5) is 16.6. The normalized spacial score (nSPS) is 17.3. The maximum atomic E-state index is 12.5. The van der Waals surface area contributed by atoms with Crippen molar-refractivity contribution in [3.8, 4) is 0 Å². The lowest BCUT2D eigenvalue weighted by atomic mass is 10.1. The molecule has 110 valence electrons. The van der Waals surface area contributed by atoms with Gasteiger partial charge in [0.25, 0.3) is 5.91 Å². The number of benzene rings is 1. The number of aliphatic hydroxyl groups is 1. The number of hydrogen-bond donors (Lipinski definition) is 1. The summed E-state index contributed by atoms with van der Waals surface area (Å²) < 4.78 is 0.994. The predicted octanol–water partition coefficient (Wildman–Crippen LogP) is 1.82. The fourth-order valence-electron chi connectivity index (χ4n) is 2.46. The van der Waals surface area contributed by atoms with Crippen molar-refractivity contribution in [2.45, 2.75) is 19.4 Å². The van der Waals surface area contributed by atoms with Crippen LogP contribution in [0.15, 0.2) is 24.3 Å². The zero-order valence-electron chi connectivity index (χ0n) is 12.0. The number of amides is 1. The highest BCUT2D eigenvalue weighted by Gasteiger charge is 2.26. The molecular weight excluding hydrogens is 367 g/mol. The maximum Gasteiger partial charge on any atom is 0.255 e. The molecule has 1 saturated heterocycles. The Kier molecular flexibility index (Phi) is 5.04. The Balaban J connectivity index is 1.94. The lowest BCUT2D eigenvalue weighted by Gasteiger charge is -2.37. The summed E-state index contributed by atoms with van der Waals surface area (Å²) in [5.74, 6) is 0.109. The molecule has 20 heavy (non-hydrogen) atoms. The Morgan fingerprint density at radius 2 is 1.85 bits per heavy atom. The molecule has 5 heteroatoms. The topological polar surface area (TPSA) is 43.8 Å². The number of carbonyl (C=O) groups excluding carboxylic acids is 1. The third-order valence-corrected chi connectivity index (χ3v) is 4.31. The molecule has 1 N–H and O–H groups in total. The molecule has 1 heterocycles. The minimum Gasteiger partial charge on any atom is -0.389 e. The van der Waals surface area contributed by atoms with Crippen molar-refractivity contribution >= 4 is 28.5 Å². The first-order valence-corrected chi connectivity index (χ1v) is 7.93. The minimum atomic E-state index is -0.680. The van der Waals surface area contributed by atoms with E-state index in [4.69, 9.17) is 0 Å². The van der Waals surface area contributed by atoms with Crippen molar-refractivity contribution in [3.63, 3.8) is 0 Å². The zero-order chi connectivity index (χ0) is 14.8. The van der Waals surface area contributed by atoms with Gasteiger partial charge in [-0.25, -0.2) is 0 Å². The lowest BCUT2D eigenvalue weighted by Crippen LogP contribution is -2.52. The van der Waals surface area contributed by atoms with E-state index >= 15 is 0 Å². The smallest absolute Gasteiger partial charge is 0.255 e. The van der Waals surface area contributed by atoms with E-state index in [0.29, 0.717) is 6.54 Å². The monoisotopic (exact) mass is 388 g/mol. The first kappa shape index (κ1) is 15.7. The molecule has 4 nitrogen and oxygen atoms in total. The van der Waals surface area contributed by atoms with E-state index in [1.165, 1.54) is 0 Å². The largest absolute Gasteiger partial charge is 0.389 e. The second kappa shape index (κ2) is 6.41. The zero-order valence-corrected chi connectivity index (χ0v) is 14.1. The summed E-state index contributed by atoms with van der Waals surface area (Å²) in [7, 11) is 0. The Morgan fingerprint density at radius 1 is 1.25 bits per heavy atom. The molecule has 0 bridgehead atoms. The summed E-state index contributed by atoms with van der Waals surface area (Å²) in [6, 6.07) is 7.69. The predicted molar refractivity (Wildman–Crippen MR) is 87.8 cm³/mol. The highest BCUT2D eigenvalue weighted by Crippen LogP contribution is 2.16. The molecule has 0 spiro atoms. The second-order valence-electron chi connectivity index (χ2n) is 5.86. The van der Waals surface area contributed by atoms with E-state index in [9.17, 15) is 9.90 Å².